The molecule has 0 unspecified atom stereocenters. The first-order chi connectivity index (χ1) is 9.58. The zero-order valence-corrected chi connectivity index (χ0v) is 12.2. The molecule has 2 aromatic rings. The highest BCUT2D eigenvalue weighted by Gasteiger charge is 2.17. The fourth-order valence-electron chi connectivity index (χ4n) is 2.82. The van der Waals surface area contributed by atoms with Crippen molar-refractivity contribution in [2.45, 2.75) is 33.1 Å². The lowest BCUT2D eigenvalue weighted by Crippen LogP contribution is -2.04. The molecular formula is C16H20N2O2. The van der Waals surface area contributed by atoms with Gasteiger partial charge >= 0.3 is 0 Å². The molecule has 1 aliphatic rings. The molecule has 0 atom stereocenters. The van der Waals surface area contributed by atoms with Crippen molar-refractivity contribution in [3.63, 3.8) is 0 Å². The number of rotatable bonds is 1. The second-order valence-corrected chi connectivity index (χ2v) is 5.55. The van der Waals surface area contributed by atoms with Gasteiger partial charge in [0, 0.05) is 29.3 Å². The van der Waals surface area contributed by atoms with Gasteiger partial charge in [-0.3, -0.25) is 4.98 Å². The van der Waals surface area contributed by atoms with E-state index in [1.807, 2.05) is 19.1 Å². The Kier molecular flexibility index (Phi) is 3.16. The third-order valence-corrected chi connectivity index (χ3v) is 3.70. The number of benzene rings is 1. The second kappa shape index (κ2) is 4.85. The minimum absolute atomic E-state index is 0.350. The number of aryl methyl sites for hydroxylation is 1. The fraction of sp³-hybridized carbons (Fsp3) is 0.438. The summed E-state index contributed by atoms with van der Waals surface area (Å²) >= 11 is 0. The van der Waals surface area contributed by atoms with E-state index in [1.165, 1.54) is 0 Å². The van der Waals surface area contributed by atoms with Crippen molar-refractivity contribution < 1.29 is 9.47 Å². The molecule has 0 saturated carbocycles. The number of ether oxygens (including phenoxy) is 2. The van der Waals surface area contributed by atoms with Gasteiger partial charge in [0.1, 0.15) is 0 Å². The summed E-state index contributed by atoms with van der Waals surface area (Å²) in [5.74, 6) is 1.88. The van der Waals surface area contributed by atoms with Crippen LogP contribution in [-0.2, 0) is 0 Å². The summed E-state index contributed by atoms with van der Waals surface area (Å²) < 4.78 is 11.4. The van der Waals surface area contributed by atoms with Gasteiger partial charge in [0.15, 0.2) is 11.5 Å². The minimum Gasteiger partial charge on any atom is -0.490 e. The zero-order valence-electron chi connectivity index (χ0n) is 12.2. The lowest BCUT2D eigenvalue weighted by Gasteiger charge is -2.16. The molecule has 0 spiro atoms. The maximum Gasteiger partial charge on any atom is 0.163 e. The van der Waals surface area contributed by atoms with Crippen LogP contribution in [0.5, 0.6) is 11.5 Å². The van der Waals surface area contributed by atoms with Crippen LogP contribution in [0.15, 0.2) is 12.1 Å². The third-order valence-electron chi connectivity index (χ3n) is 3.70. The van der Waals surface area contributed by atoms with Crippen LogP contribution in [0.4, 0.5) is 5.69 Å². The second-order valence-electron chi connectivity index (χ2n) is 5.55. The first-order valence-electron chi connectivity index (χ1n) is 7.07. The molecular weight excluding hydrogens is 252 g/mol. The van der Waals surface area contributed by atoms with Gasteiger partial charge in [-0.05, 0) is 24.5 Å². The van der Waals surface area contributed by atoms with Gasteiger partial charge in [-0.1, -0.05) is 13.8 Å². The smallest absolute Gasteiger partial charge is 0.163 e. The van der Waals surface area contributed by atoms with Gasteiger partial charge in [-0.2, -0.15) is 0 Å². The zero-order chi connectivity index (χ0) is 14.3. The summed E-state index contributed by atoms with van der Waals surface area (Å²) in [6.45, 7) is 7.63. The van der Waals surface area contributed by atoms with Gasteiger partial charge < -0.3 is 15.2 Å². The third kappa shape index (κ3) is 2.05. The van der Waals surface area contributed by atoms with Crippen LogP contribution in [0.1, 0.15) is 37.4 Å². The highest BCUT2D eigenvalue weighted by molar-refractivity contribution is 5.94. The summed E-state index contributed by atoms with van der Waals surface area (Å²) in [5.41, 5.74) is 10.1. The maximum atomic E-state index is 6.36. The normalized spacial score (nSPS) is 14.6. The van der Waals surface area contributed by atoms with Gasteiger partial charge in [0.05, 0.1) is 18.7 Å². The summed E-state index contributed by atoms with van der Waals surface area (Å²) in [6, 6.07) is 3.90. The first kappa shape index (κ1) is 13.0. The van der Waals surface area contributed by atoms with E-state index >= 15 is 0 Å². The van der Waals surface area contributed by atoms with Crippen LogP contribution in [0, 0.1) is 6.92 Å². The molecule has 1 aromatic carbocycles. The highest BCUT2D eigenvalue weighted by atomic mass is 16.5. The Labute approximate surface area is 118 Å². The lowest BCUT2D eigenvalue weighted by molar-refractivity contribution is 0.297. The first-order valence-corrected chi connectivity index (χ1v) is 7.07. The molecule has 106 valence electrons. The number of fused-ring (bicyclic) bond motifs is 2. The molecule has 1 aromatic heterocycles. The number of nitrogens with zero attached hydrogens (tertiary/aromatic N) is 1. The SMILES string of the molecule is Cc1nc2cc3c(cc2c(N)c1C(C)C)OCCCO3. The monoisotopic (exact) mass is 272 g/mol. The van der Waals surface area contributed by atoms with E-state index in [1.54, 1.807) is 0 Å². The molecule has 0 bridgehead atoms. The van der Waals surface area contributed by atoms with Crippen LogP contribution >= 0.6 is 0 Å². The summed E-state index contributed by atoms with van der Waals surface area (Å²) in [7, 11) is 0. The van der Waals surface area contributed by atoms with Crippen molar-refractivity contribution in [1.29, 1.82) is 0 Å². The Balaban J connectivity index is 2.26. The molecule has 0 fully saturated rings. The summed E-state index contributed by atoms with van der Waals surface area (Å²) in [5, 5.41) is 0.948. The molecule has 0 radical (unpaired) electrons. The number of aromatic nitrogens is 1. The largest absolute Gasteiger partial charge is 0.490 e. The Morgan fingerprint density at radius 2 is 1.80 bits per heavy atom. The van der Waals surface area contributed by atoms with E-state index in [9.17, 15) is 0 Å². The number of hydrogen-bond donors (Lipinski definition) is 1. The van der Waals surface area contributed by atoms with Crippen LogP contribution < -0.4 is 15.2 Å². The Morgan fingerprint density at radius 1 is 1.15 bits per heavy atom. The molecule has 0 aliphatic carbocycles. The minimum atomic E-state index is 0.350. The van der Waals surface area contributed by atoms with Gasteiger partial charge in [0.2, 0.25) is 0 Å². The van der Waals surface area contributed by atoms with Gasteiger partial charge in [0.25, 0.3) is 0 Å². The molecule has 4 nitrogen and oxygen atoms in total. The average Bonchev–Trinajstić information content (AvgIpc) is 2.61. The fourth-order valence-corrected chi connectivity index (χ4v) is 2.82. The molecule has 3 rings (SSSR count). The van der Waals surface area contributed by atoms with E-state index in [0.29, 0.717) is 19.1 Å². The maximum absolute atomic E-state index is 6.36. The number of nitrogen functional groups attached to an aromatic ring is 1. The molecule has 2 N–H and O–H groups in total. The van der Waals surface area contributed by atoms with Gasteiger partial charge in [-0.15, -0.1) is 0 Å². The van der Waals surface area contributed by atoms with Crippen molar-refractivity contribution in [1.82, 2.24) is 4.98 Å². The molecule has 1 aliphatic heterocycles. The van der Waals surface area contributed by atoms with Crippen molar-refractivity contribution in [2.24, 2.45) is 0 Å². The van der Waals surface area contributed by atoms with Crippen molar-refractivity contribution in [3.05, 3.63) is 23.4 Å². The Hall–Kier alpha value is -1.97. The van der Waals surface area contributed by atoms with E-state index < -0.39 is 0 Å². The highest BCUT2D eigenvalue weighted by Crippen LogP contribution is 2.38. The molecule has 0 saturated heterocycles. The van der Waals surface area contributed by atoms with Crippen molar-refractivity contribution in [2.75, 3.05) is 18.9 Å². The number of anilines is 1. The van der Waals surface area contributed by atoms with Crippen molar-refractivity contribution in [3.8, 4) is 11.5 Å². The molecule has 2 heterocycles. The number of nitrogens with two attached hydrogens (primary N) is 1. The predicted molar refractivity (Wildman–Crippen MR) is 80.6 cm³/mol. The van der Waals surface area contributed by atoms with Crippen molar-refractivity contribution >= 4 is 16.6 Å². The van der Waals surface area contributed by atoms with E-state index in [0.717, 1.165) is 45.8 Å². The van der Waals surface area contributed by atoms with Gasteiger partial charge in [-0.25, -0.2) is 0 Å². The topological polar surface area (TPSA) is 57.4 Å². The summed E-state index contributed by atoms with van der Waals surface area (Å²) in [6.07, 6.45) is 0.893. The standard InChI is InChI=1S/C16H20N2O2/c1-9(2)15-10(3)18-12-8-14-13(7-11(12)16(15)17)19-5-4-6-20-14/h7-9H,4-6H2,1-3H3,(H2,17,18). The molecule has 4 heteroatoms. The lowest BCUT2D eigenvalue weighted by atomic mass is 9.97. The van der Waals surface area contributed by atoms with Crippen LogP contribution in [0.2, 0.25) is 0 Å². The van der Waals surface area contributed by atoms with Crippen LogP contribution in [-0.4, -0.2) is 18.2 Å². The number of hydrogen-bond acceptors (Lipinski definition) is 4. The Morgan fingerprint density at radius 3 is 2.45 bits per heavy atom. The quantitative estimate of drug-likeness (QED) is 0.864. The van der Waals surface area contributed by atoms with Crippen LogP contribution in [0.3, 0.4) is 0 Å². The molecule has 20 heavy (non-hydrogen) atoms. The Bertz CT molecular complexity index is 665. The predicted octanol–water partition coefficient (Wildman–Crippen LogP) is 3.41. The summed E-state index contributed by atoms with van der Waals surface area (Å²) in [4.78, 5) is 4.68. The molecule has 0 amide bonds. The number of pyridine rings is 1. The average molecular weight is 272 g/mol. The van der Waals surface area contributed by atoms with E-state index in [2.05, 4.69) is 18.8 Å². The van der Waals surface area contributed by atoms with E-state index in [-0.39, 0.29) is 0 Å². The van der Waals surface area contributed by atoms with E-state index in [4.69, 9.17) is 15.2 Å². The van der Waals surface area contributed by atoms with Crippen LogP contribution in [0.25, 0.3) is 10.9 Å².